The van der Waals surface area contributed by atoms with Crippen LogP contribution in [0.2, 0.25) is 0 Å². The zero-order valence-electron chi connectivity index (χ0n) is 10.7. The monoisotopic (exact) mass is 257 g/mol. The van der Waals surface area contributed by atoms with E-state index in [9.17, 15) is 4.79 Å². The topological polar surface area (TPSA) is 67.6 Å². The molecule has 0 unspecified atom stereocenters. The van der Waals surface area contributed by atoms with Crippen molar-refractivity contribution in [3.05, 3.63) is 4.88 Å². The summed E-state index contributed by atoms with van der Waals surface area (Å²) in [7, 11) is 3.16. The zero-order valence-corrected chi connectivity index (χ0v) is 11.5. The summed E-state index contributed by atoms with van der Waals surface area (Å²) in [6.07, 6.45) is 0. The number of nitrogens with zero attached hydrogens (tertiary/aromatic N) is 1. The number of rotatable bonds is 5. The lowest BCUT2D eigenvalue weighted by Gasteiger charge is -2.19. The van der Waals surface area contributed by atoms with E-state index in [0.717, 1.165) is 18.1 Å². The summed E-state index contributed by atoms with van der Waals surface area (Å²) in [5.74, 6) is 0.418. The Morgan fingerprint density at radius 2 is 2.06 bits per heavy atom. The highest BCUT2D eigenvalue weighted by molar-refractivity contribution is 7.19. The van der Waals surface area contributed by atoms with Gasteiger partial charge in [0, 0.05) is 20.1 Å². The van der Waals surface area contributed by atoms with Gasteiger partial charge in [-0.05, 0) is 13.8 Å². The SMILES string of the molecule is CCN(CC)c1sc(C(=O)NC)c(N)c1OC. The van der Waals surface area contributed by atoms with Crippen molar-refractivity contribution >= 4 is 27.9 Å². The van der Waals surface area contributed by atoms with Crippen LogP contribution in [0.1, 0.15) is 23.5 Å². The Bertz CT molecular complexity index is 400. The summed E-state index contributed by atoms with van der Waals surface area (Å²) in [4.78, 5) is 14.3. The lowest BCUT2D eigenvalue weighted by Crippen LogP contribution is -2.21. The van der Waals surface area contributed by atoms with E-state index in [4.69, 9.17) is 10.5 Å². The second-order valence-electron chi connectivity index (χ2n) is 3.43. The van der Waals surface area contributed by atoms with E-state index in [2.05, 4.69) is 24.1 Å². The molecule has 1 rings (SSSR count). The van der Waals surface area contributed by atoms with E-state index < -0.39 is 0 Å². The van der Waals surface area contributed by atoms with Gasteiger partial charge in [-0.3, -0.25) is 4.79 Å². The van der Waals surface area contributed by atoms with Crippen LogP contribution in [-0.4, -0.2) is 33.2 Å². The number of carbonyl (C=O) groups excluding carboxylic acids is 1. The van der Waals surface area contributed by atoms with Crippen LogP contribution in [0.3, 0.4) is 0 Å². The van der Waals surface area contributed by atoms with Crippen molar-refractivity contribution < 1.29 is 9.53 Å². The van der Waals surface area contributed by atoms with E-state index in [1.807, 2.05) is 0 Å². The normalized spacial score (nSPS) is 10.1. The van der Waals surface area contributed by atoms with Crippen molar-refractivity contribution in [3.63, 3.8) is 0 Å². The van der Waals surface area contributed by atoms with Crippen LogP contribution in [0.5, 0.6) is 5.75 Å². The molecule has 0 fully saturated rings. The van der Waals surface area contributed by atoms with Gasteiger partial charge < -0.3 is 20.7 Å². The van der Waals surface area contributed by atoms with Crippen LogP contribution in [0, 0.1) is 0 Å². The van der Waals surface area contributed by atoms with Gasteiger partial charge in [0.05, 0.1) is 7.11 Å². The Hall–Kier alpha value is -1.43. The van der Waals surface area contributed by atoms with Crippen molar-refractivity contribution in [3.8, 4) is 5.75 Å². The summed E-state index contributed by atoms with van der Waals surface area (Å²) in [6.45, 7) is 5.80. The summed E-state index contributed by atoms with van der Waals surface area (Å²) in [6, 6.07) is 0. The molecule has 0 aromatic carbocycles. The molecule has 3 N–H and O–H groups in total. The number of carbonyl (C=O) groups is 1. The summed E-state index contributed by atoms with van der Waals surface area (Å²) in [5.41, 5.74) is 6.35. The van der Waals surface area contributed by atoms with Crippen molar-refractivity contribution in [2.75, 3.05) is 37.9 Å². The van der Waals surface area contributed by atoms with Gasteiger partial charge in [-0.2, -0.15) is 0 Å². The van der Waals surface area contributed by atoms with Gasteiger partial charge in [0.2, 0.25) is 0 Å². The van der Waals surface area contributed by atoms with Gasteiger partial charge in [0.15, 0.2) is 5.75 Å². The van der Waals surface area contributed by atoms with Gasteiger partial charge in [0.25, 0.3) is 5.91 Å². The third-order valence-corrected chi connectivity index (χ3v) is 3.82. The predicted octanol–water partition coefficient (Wildman–Crippen LogP) is 1.54. The number of anilines is 2. The molecule has 1 aromatic heterocycles. The highest BCUT2D eigenvalue weighted by atomic mass is 32.1. The highest BCUT2D eigenvalue weighted by Crippen LogP contribution is 2.44. The molecule has 0 saturated carbocycles. The lowest BCUT2D eigenvalue weighted by molar-refractivity contribution is 0.0967. The van der Waals surface area contributed by atoms with Gasteiger partial charge in [-0.15, -0.1) is 11.3 Å². The van der Waals surface area contributed by atoms with Crippen LogP contribution < -0.4 is 20.7 Å². The van der Waals surface area contributed by atoms with Crippen molar-refractivity contribution in [2.24, 2.45) is 0 Å². The van der Waals surface area contributed by atoms with Crippen LogP contribution in [-0.2, 0) is 0 Å². The summed E-state index contributed by atoms with van der Waals surface area (Å²) in [5, 5.41) is 3.49. The minimum absolute atomic E-state index is 0.177. The fourth-order valence-electron chi connectivity index (χ4n) is 1.61. The molecule has 6 heteroatoms. The Kier molecular flexibility index (Phi) is 4.62. The maximum atomic E-state index is 11.7. The van der Waals surface area contributed by atoms with E-state index in [0.29, 0.717) is 16.3 Å². The molecular formula is C11H19N3O2S. The first-order valence-corrected chi connectivity index (χ1v) is 6.35. The van der Waals surface area contributed by atoms with Crippen LogP contribution in [0.4, 0.5) is 10.7 Å². The number of hydrogen-bond acceptors (Lipinski definition) is 5. The molecule has 0 saturated heterocycles. The maximum Gasteiger partial charge on any atom is 0.263 e. The van der Waals surface area contributed by atoms with Gasteiger partial charge >= 0.3 is 0 Å². The van der Waals surface area contributed by atoms with Crippen LogP contribution >= 0.6 is 11.3 Å². The second kappa shape index (κ2) is 5.77. The van der Waals surface area contributed by atoms with E-state index in [1.54, 1.807) is 14.2 Å². The van der Waals surface area contributed by atoms with Gasteiger partial charge in [0.1, 0.15) is 15.6 Å². The zero-order chi connectivity index (χ0) is 13.0. The summed E-state index contributed by atoms with van der Waals surface area (Å²) >= 11 is 1.36. The molecule has 0 aliphatic heterocycles. The minimum atomic E-state index is -0.177. The molecule has 0 radical (unpaired) electrons. The number of hydrogen-bond donors (Lipinski definition) is 2. The fraction of sp³-hybridized carbons (Fsp3) is 0.545. The predicted molar refractivity (Wildman–Crippen MR) is 72.2 cm³/mol. The van der Waals surface area contributed by atoms with Crippen LogP contribution in [0.25, 0.3) is 0 Å². The number of nitrogens with two attached hydrogens (primary N) is 1. The average Bonchev–Trinajstić information content (AvgIpc) is 2.67. The third kappa shape index (κ3) is 2.46. The number of nitrogens with one attached hydrogen (secondary N) is 1. The van der Waals surface area contributed by atoms with Crippen LogP contribution in [0.15, 0.2) is 0 Å². The fourth-order valence-corrected chi connectivity index (χ4v) is 2.88. The molecule has 17 heavy (non-hydrogen) atoms. The van der Waals surface area contributed by atoms with Crippen molar-refractivity contribution in [1.29, 1.82) is 0 Å². The standard InChI is InChI=1S/C11H19N3O2S/c1-5-14(6-2)11-8(16-4)7(12)9(17-11)10(15)13-3/h5-6,12H2,1-4H3,(H,13,15). The smallest absolute Gasteiger partial charge is 0.263 e. The quantitative estimate of drug-likeness (QED) is 0.839. The first-order valence-electron chi connectivity index (χ1n) is 5.53. The molecule has 0 atom stereocenters. The molecule has 0 aliphatic carbocycles. The van der Waals surface area contributed by atoms with Gasteiger partial charge in [-0.25, -0.2) is 0 Å². The lowest BCUT2D eigenvalue weighted by atomic mass is 10.3. The number of ether oxygens (including phenoxy) is 1. The largest absolute Gasteiger partial charge is 0.492 e. The summed E-state index contributed by atoms with van der Waals surface area (Å²) < 4.78 is 5.30. The Balaban J connectivity index is 3.26. The second-order valence-corrected chi connectivity index (χ2v) is 4.43. The Labute approximate surface area is 106 Å². The van der Waals surface area contributed by atoms with E-state index >= 15 is 0 Å². The molecule has 0 bridgehead atoms. The number of amides is 1. The number of methoxy groups -OCH3 is 1. The molecule has 1 amide bonds. The van der Waals surface area contributed by atoms with E-state index in [-0.39, 0.29) is 5.91 Å². The minimum Gasteiger partial charge on any atom is -0.492 e. The average molecular weight is 257 g/mol. The van der Waals surface area contributed by atoms with Crippen molar-refractivity contribution in [2.45, 2.75) is 13.8 Å². The molecular weight excluding hydrogens is 238 g/mol. The highest BCUT2D eigenvalue weighted by Gasteiger charge is 2.23. The van der Waals surface area contributed by atoms with Gasteiger partial charge in [-0.1, -0.05) is 0 Å². The number of nitrogen functional groups attached to an aromatic ring is 1. The first kappa shape index (κ1) is 13.6. The molecule has 0 spiro atoms. The Morgan fingerprint density at radius 1 is 1.47 bits per heavy atom. The first-order chi connectivity index (χ1) is 8.10. The third-order valence-electron chi connectivity index (χ3n) is 2.57. The molecule has 96 valence electrons. The Morgan fingerprint density at radius 3 is 2.47 bits per heavy atom. The molecule has 1 heterocycles. The maximum absolute atomic E-state index is 11.7. The molecule has 5 nitrogen and oxygen atoms in total. The number of thiophene rings is 1. The van der Waals surface area contributed by atoms with E-state index in [1.165, 1.54) is 11.3 Å². The molecule has 0 aliphatic rings. The van der Waals surface area contributed by atoms with Crippen molar-refractivity contribution in [1.82, 2.24) is 5.32 Å². The molecule has 1 aromatic rings.